The van der Waals surface area contributed by atoms with Crippen LogP contribution in [-0.4, -0.2) is 58.7 Å². The number of nitro benzene ring substituents is 1. The summed E-state index contributed by atoms with van der Waals surface area (Å²) in [5, 5.41) is 14.1. The Hall–Kier alpha value is -3.77. The molecule has 1 unspecified atom stereocenters. The lowest BCUT2D eigenvalue weighted by Gasteiger charge is -2.41. The molecule has 2 heterocycles. The number of primary amides is 1. The number of carbonyl (C=O) groups excluding carboxylic acids is 1. The van der Waals surface area contributed by atoms with Crippen molar-refractivity contribution in [1.29, 1.82) is 0 Å². The number of rotatable bonds is 8. The summed E-state index contributed by atoms with van der Waals surface area (Å²) in [6, 6.07) is 8.12. The Bertz CT molecular complexity index is 1170. The number of pyridine rings is 1. The van der Waals surface area contributed by atoms with Crippen LogP contribution in [0.3, 0.4) is 0 Å². The fourth-order valence-corrected chi connectivity index (χ4v) is 5.32. The molecular formula is C26H33F3N6O4. The summed E-state index contributed by atoms with van der Waals surface area (Å²) in [6.45, 7) is 3.86. The van der Waals surface area contributed by atoms with Gasteiger partial charge in [0.15, 0.2) is 0 Å². The SMILES string of the molecule is CCCC1CN(c2cccc(OC3CCC(Nc4ccc([N+](=O)[O-])c(C(F)(F)F)c4)CC3)n2)CCN1C(N)=O. The predicted molar refractivity (Wildman–Crippen MR) is 140 cm³/mol. The van der Waals surface area contributed by atoms with Crippen molar-refractivity contribution >= 4 is 23.2 Å². The van der Waals surface area contributed by atoms with Crippen molar-refractivity contribution in [3.63, 3.8) is 0 Å². The van der Waals surface area contributed by atoms with E-state index in [1.807, 2.05) is 12.1 Å². The van der Waals surface area contributed by atoms with E-state index < -0.39 is 28.4 Å². The quantitative estimate of drug-likeness (QED) is 0.343. The zero-order chi connectivity index (χ0) is 28.2. The number of hydrogen-bond donors (Lipinski definition) is 2. The lowest BCUT2D eigenvalue weighted by molar-refractivity contribution is -0.388. The van der Waals surface area contributed by atoms with Crippen molar-refractivity contribution in [1.82, 2.24) is 9.88 Å². The largest absolute Gasteiger partial charge is 0.474 e. The highest BCUT2D eigenvalue weighted by Gasteiger charge is 2.38. The van der Waals surface area contributed by atoms with Crippen LogP contribution >= 0.6 is 0 Å². The molecule has 0 radical (unpaired) electrons. The number of aromatic nitrogens is 1. The van der Waals surface area contributed by atoms with Gasteiger partial charge in [0, 0.05) is 43.5 Å². The van der Waals surface area contributed by atoms with Gasteiger partial charge in [0.25, 0.3) is 5.69 Å². The van der Waals surface area contributed by atoms with Gasteiger partial charge in [0.05, 0.1) is 11.0 Å². The molecule has 39 heavy (non-hydrogen) atoms. The predicted octanol–water partition coefficient (Wildman–Crippen LogP) is 5.18. The summed E-state index contributed by atoms with van der Waals surface area (Å²) in [5.41, 5.74) is 3.52. The highest BCUT2D eigenvalue weighted by Crippen LogP contribution is 2.38. The third-order valence-corrected chi connectivity index (χ3v) is 7.25. The van der Waals surface area contributed by atoms with E-state index in [1.54, 1.807) is 11.0 Å². The number of urea groups is 1. The van der Waals surface area contributed by atoms with Crippen LogP contribution in [0.5, 0.6) is 5.88 Å². The first-order valence-corrected chi connectivity index (χ1v) is 13.1. The van der Waals surface area contributed by atoms with E-state index in [4.69, 9.17) is 10.5 Å². The number of carbonyl (C=O) groups is 1. The van der Waals surface area contributed by atoms with Crippen LogP contribution in [0.4, 0.5) is 35.2 Å². The molecule has 2 amide bonds. The third-order valence-electron chi connectivity index (χ3n) is 7.25. The Kier molecular flexibility index (Phi) is 8.66. The van der Waals surface area contributed by atoms with Gasteiger partial charge in [-0.3, -0.25) is 10.1 Å². The van der Waals surface area contributed by atoms with Crippen molar-refractivity contribution in [2.45, 2.75) is 69.8 Å². The first-order chi connectivity index (χ1) is 18.5. The van der Waals surface area contributed by atoms with Crippen molar-refractivity contribution in [2.24, 2.45) is 5.73 Å². The van der Waals surface area contributed by atoms with E-state index in [1.165, 1.54) is 6.07 Å². The summed E-state index contributed by atoms with van der Waals surface area (Å²) in [4.78, 5) is 30.3. The number of nitrogens with two attached hydrogens (primary N) is 1. The van der Waals surface area contributed by atoms with Gasteiger partial charge in [0.1, 0.15) is 17.5 Å². The fraction of sp³-hybridized carbons (Fsp3) is 0.538. The molecule has 2 fully saturated rings. The molecule has 1 saturated heterocycles. The van der Waals surface area contributed by atoms with Crippen LogP contribution in [0.15, 0.2) is 36.4 Å². The van der Waals surface area contributed by atoms with Gasteiger partial charge in [-0.05, 0) is 50.3 Å². The molecule has 1 atom stereocenters. The van der Waals surface area contributed by atoms with Gasteiger partial charge in [-0.2, -0.15) is 18.2 Å². The monoisotopic (exact) mass is 550 g/mol. The number of anilines is 2. The van der Waals surface area contributed by atoms with Gasteiger partial charge in [0.2, 0.25) is 5.88 Å². The van der Waals surface area contributed by atoms with Crippen LogP contribution in [0.2, 0.25) is 0 Å². The van der Waals surface area contributed by atoms with Gasteiger partial charge in [-0.15, -0.1) is 0 Å². The molecular weight excluding hydrogens is 517 g/mol. The molecule has 1 aromatic carbocycles. The van der Waals surface area contributed by atoms with Crippen LogP contribution in [-0.2, 0) is 6.18 Å². The van der Waals surface area contributed by atoms with Gasteiger partial charge in [-0.25, -0.2) is 4.79 Å². The summed E-state index contributed by atoms with van der Waals surface area (Å²) < 4.78 is 46.0. The lowest BCUT2D eigenvalue weighted by atomic mass is 9.92. The number of halogens is 3. The molecule has 3 N–H and O–H groups in total. The van der Waals surface area contributed by atoms with Gasteiger partial charge in [-0.1, -0.05) is 19.4 Å². The van der Waals surface area contributed by atoms with E-state index >= 15 is 0 Å². The van der Waals surface area contributed by atoms with Crippen LogP contribution in [0, 0.1) is 10.1 Å². The summed E-state index contributed by atoms with van der Waals surface area (Å²) in [7, 11) is 0. The molecule has 212 valence electrons. The average Bonchev–Trinajstić information content (AvgIpc) is 2.89. The second-order valence-corrected chi connectivity index (χ2v) is 9.98. The normalized spacial score (nSPS) is 21.9. The maximum absolute atomic E-state index is 13.3. The maximum Gasteiger partial charge on any atom is 0.423 e. The van der Waals surface area contributed by atoms with E-state index in [-0.39, 0.29) is 23.9 Å². The molecule has 1 saturated carbocycles. The summed E-state index contributed by atoms with van der Waals surface area (Å²) in [6.07, 6.45) is -0.439. The Balaban J connectivity index is 1.33. The second-order valence-electron chi connectivity index (χ2n) is 9.98. The first-order valence-electron chi connectivity index (χ1n) is 13.1. The van der Waals surface area contributed by atoms with Crippen molar-refractivity contribution in [3.05, 3.63) is 52.1 Å². The number of alkyl halides is 3. The minimum atomic E-state index is -4.82. The Morgan fingerprint density at radius 3 is 2.59 bits per heavy atom. The number of nitrogens with zero attached hydrogens (tertiary/aromatic N) is 4. The van der Waals surface area contributed by atoms with Crippen LogP contribution in [0.1, 0.15) is 51.0 Å². The topological polar surface area (TPSA) is 127 Å². The van der Waals surface area contributed by atoms with Crippen LogP contribution < -0.4 is 20.7 Å². The number of nitrogens with one attached hydrogen (secondary N) is 1. The van der Waals surface area contributed by atoms with E-state index in [9.17, 15) is 28.1 Å². The first kappa shape index (κ1) is 28.2. The molecule has 1 aromatic heterocycles. The van der Waals surface area contributed by atoms with Crippen molar-refractivity contribution in [2.75, 3.05) is 29.9 Å². The number of piperazine rings is 1. The Morgan fingerprint density at radius 1 is 1.21 bits per heavy atom. The number of hydrogen-bond acceptors (Lipinski definition) is 7. The minimum absolute atomic E-state index is 0.0263. The zero-order valence-corrected chi connectivity index (χ0v) is 21.7. The highest BCUT2D eigenvalue weighted by molar-refractivity contribution is 5.73. The summed E-state index contributed by atoms with van der Waals surface area (Å²) >= 11 is 0. The smallest absolute Gasteiger partial charge is 0.423 e. The lowest BCUT2D eigenvalue weighted by Crippen LogP contribution is -2.56. The molecule has 0 spiro atoms. The van der Waals surface area contributed by atoms with E-state index in [0.717, 1.165) is 30.8 Å². The van der Waals surface area contributed by atoms with Crippen LogP contribution in [0.25, 0.3) is 0 Å². The summed E-state index contributed by atoms with van der Waals surface area (Å²) in [5.74, 6) is 1.27. The Morgan fingerprint density at radius 2 is 1.95 bits per heavy atom. The van der Waals surface area contributed by atoms with Crippen molar-refractivity contribution in [3.8, 4) is 5.88 Å². The second kappa shape index (κ2) is 12.0. The molecule has 2 aromatic rings. The third kappa shape index (κ3) is 7.01. The number of benzene rings is 1. The molecule has 4 rings (SSSR count). The van der Waals surface area contributed by atoms with Gasteiger partial charge >= 0.3 is 12.2 Å². The van der Waals surface area contributed by atoms with Gasteiger partial charge < -0.3 is 25.6 Å². The Labute approximate surface area is 224 Å². The molecule has 0 bridgehead atoms. The number of nitro groups is 1. The van der Waals surface area contributed by atoms with Crippen molar-refractivity contribution < 1.29 is 27.6 Å². The molecule has 2 aliphatic rings. The number of ether oxygens (including phenoxy) is 1. The molecule has 10 nitrogen and oxygen atoms in total. The fourth-order valence-electron chi connectivity index (χ4n) is 5.32. The highest BCUT2D eigenvalue weighted by atomic mass is 19.4. The molecule has 13 heteroatoms. The molecule has 1 aliphatic heterocycles. The van der Waals surface area contributed by atoms with E-state index in [2.05, 4.69) is 22.1 Å². The minimum Gasteiger partial charge on any atom is -0.474 e. The molecule has 1 aliphatic carbocycles. The maximum atomic E-state index is 13.3. The number of amides is 2. The zero-order valence-electron chi connectivity index (χ0n) is 21.7. The van der Waals surface area contributed by atoms with E-state index in [0.29, 0.717) is 51.2 Å². The standard InChI is InChI=1S/C26H33F3N6O4/c1-2-4-19-16-33(13-14-34(19)25(30)36)23-5-3-6-24(32-23)39-20-10-7-17(8-11-20)31-18-9-12-22(35(37)38)21(15-18)26(27,28)29/h3,5-6,9,12,15,17,19-20,31H,2,4,7-8,10-11,13-14,16H2,1H3,(H2,30,36). The average molecular weight is 551 g/mol.